The minimum absolute atomic E-state index is 0.0987. The van der Waals surface area contributed by atoms with E-state index < -0.39 is 5.54 Å². The highest BCUT2D eigenvalue weighted by Gasteiger charge is 2.43. The number of aromatic nitrogens is 1. The summed E-state index contributed by atoms with van der Waals surface area (Å²) in [5.74, 6) is -0.0987. The van der Waals surface area contributed by atoms with Crippen molar-refractivity contribution in [3.63, 3.8) is 0 Å². The first-order chi connectivity index (χ1) is 12.1. The maximum Gasteiger partial charge on any atom is 0.315 e. The van der Waals surface area contributed by atoms with Crippen LogP contribution >= 0.6 is 11.3 Å². The number of ketones is 1. The second-order valence-corrected chi connectivity index (χ2v) is 7.27. The second kappa shape index (κ2) is 7.76. The molecule has 1 saturated heterocycles. The molecule has 0 radical (unpaired) electrons. The number of amides is 2. The third-order valence-corrected chi connectivity index (χ3v) is 5.29. The van der Waals surface area contributed by atoms with Crippen LogP contribution < -0.4 is 16.0 Å². The first kappa shape index (κ1) is 17.6. The summed E-state index contributed by atoms with van der Waals surface area (Å²) in [7, 11) is 0. The van der Waals surface area contributed by atoms with E-state index in [1.807, 2.05) is 30.5 Å². The zero-order valence-electron chi connectivity index (χ0n) is 14.2. The maximum atomic E-state index is 13.0. The normalized spacial score (nSPS) is 19.6. The van der Waals surface area contributed by atoms with Gasteiger partial charge in [0.2, 0.25) is 0 Å². The monoisotopic (exact) mass is 358 g/mol. The highest BCUT2D eigenvalue weighted by Crippen LogP contribution is 2.21. The van der Waals surface area contributed by atoms with E-state index in [0.717, 1.165) is 12.1 Å². The van der Waals surface area contributed by atoms with Crippen molar-refractivity contribution in [1.82, 2.24) is 20.9 Å². The first-order valence-corrected chi connectivity index (χ1v) is 9.24. The van der Waals surface area contributed by atoms with Gasteiger partial charge in [-0.3, -0.25) is 9.78 Å². The lowest BCUT2D eigenvalue weighted by Gasteiger charge is -2.28. The summed E-state index contributed by atoms with van der Waals surface area (Å²) in [6.45, 7) is 3.54. The van der Waals surface area contributed by atoms with Crippen LogP contribution in [-0.4, -0.2) is 42.0 Å². The van der Waals surface area contributed by atoms with Gasteiger partial charge in [0.05, 0.1) is 0 Å². The van der Waals surface area contributed by atoms with Gasteiger partial charge in [-0.1, -0.05) is 6.07 Å². The molecule has 1 aliphatic rings. The van der Waals surface area contributed by atoms with Crippen molar-refractivity contribution in [2.24, 2.45) is 0 Å². The fraction of sp³-hybridized carbons (Fsp3) is 0.389. The summed E-state index contributed by atoms with van der Waals surface area (Å²) in [6, 6.07) is 7.30. The van der Waals surface area contributed by atoms with Gasteiger partial charge in [0.25, 0.3) is 0 Å². The third kappa shape index (κ3) is 4.24. The Morgan fingerprint density at radius 3 is 2.88 bits per heavy atom. The van der Waals surface area contributed by atoms with Gasteiger partial charge < -0.3 is 16.0 Å². The van der Waals surface area contributed by atoms with Crippen LogP contribution in [0.3, 0.4) is 0 Å². The van der Waals surface area contributed by atoms with E-state index in [-0.39, 0.29) is 11.8 Å². The van der Waals surface area contributed by atoms with Gasteiger partial charge in [0.1, 0.15) is 5.54 Å². The fourth-order valence-electron chi connectivity index (χ4n) is 2.94. The van der Waals surface area contributed by atoms with Gasteiger partial charge in [-0.2, -0.15) is 0 Å². The van der Waals surface area contributed by atoms with E-state index in [1.54, 1.807) is 23.6 Å². The van der Waals surface area contributed by atoms with E-state index in [0.29, 0.717) is 31.6 Å². The molecule has 0 saturated carbocycles. The Morgan fingerprint density at radius 2 is 2.24 bits per heavy atom. The molecule has 0 aliphatic carbocycles. The average Bonchev–Trinajstić information content (AvgIpc) is 3.27. The summed E-state index contributed by atoms with van der Waals surface area (Å²) >= 11 is 1.67. The number of carbonyl (C=O) groups excluding carboxylic acids is 2. The van der Waals surface area contributed by atoms with Crippen LogP contribution in [-0.2, 0) is 6.42 Å². The van der Waals surface area contributed by atoms with Crippen LogP contribution in [0.4, 0.5) is 4.79 Å². The molecule has 2 aromatic heterocycles. The molecule has 1 aliphatic heterocycles. The summed E-state index contributed by atoms with van der Waals surface area (Å²) in [5.41, 5.74) is 0.465. The number of carbonyl (C=O) groups is 2. The molecule has 1 atom stereocenters. The van der Waals surface area contributed by atoms with Crippen LogP contribution in [0.1, 0.15) is 27.3 Å². The number of nitrogens with one attached hydrogen (secondary N) is 3. The molecule has 6 nitrogen and oxygen atoms in total. The molecule has 0 bridgehead atoms. The molecule has 7 heteroatoms. The number of rotatable bonds is 6. The molecule has 3 N–H and O–H groups in total. The number of urea groups is 1. The molecule has 3 rings (SSSR count). The van der Waals surface area contributed by atoms with Gasteiger partial charge in [-0.05, 0) is 49.9 Å². The van der Waals surface area contributed by atoms with Crippen molar-refractivity contribution in [3.05, 3.63) is 52.0 Å². The lowest BCUT2D eigenvalue weighted by atomic mass is 9.89. The second-order valence-electron chi connectivity index (χ2n) is 6.24. The highest BCUT2D eigenvalue weighted by atomic mass is 32.1. The smallest absolute Gasteiger partial charge is 0.315 e. The molecule has 0 aromatic carbocycles. The lowest BCUT2D eigenvalue weighted by Crippen LogP contribution is -2.58. The largest absolute Gasteiger partial charge is 0.338 e. The molecular weight excluding hydrogens is 336 g/mol. The van der Waals surface area contributed by atoms with Crippen molar-refractivity contribution in [3.8, 4) is 0 Å². The summed E-state index contributed by atoms with van der Waals surface area (Å²) in [6.07, 6.45) is 2.93. The van der Waals surface area contributed by atoms with Crippen LogP contribution in [0.15, 0.2) is 35.8 Å². The Hall–Kier alpha value is -2.25. The van der Waals surface area contributed by atoms with Crippen molar-refractivity contribution < 1.29 is 9.59 Å². The number of nitrogens with zero attached hydrogens (tertiary/aromatic N) is 1. The number of thiophene rings is 1. The molecule has 1 fully saturated rings. The summed E-state index contributed by atoms with van der Waals surface area (Å²) in [4.78, 5) is 30.7. The topological polar surface area (TPSA) is 83.1 Å². The van der Waals surface area contributed by atoms with Crippen LogP contribution in [0, 0.1) is 6.92 Å². The Morgan fingerprint density at radius 1 is 1.36 bits per heavy atom. The van der Waals surface area contributed by atoms with Crippen molar-refractivity contribution in [1.29, 1.82) is 0 Å². The predicted molar refractivity (Wildman–Crippen MR) is 98.1 cm³/mol. The Labute approximate surface area is 151 Å². The molecule has 132 valence electrons. The van der Waals surface area contributed by atoms with E-state index in [4.69, 9.17) is 0 Å². The number of Topliss-reactive ketones (excluding diaryl/α,β-unsaturated/α-hetero) is 1. The maximum absolute atomic E-state index is 13.0. The molecule has 0 unspecified atom stereocenters. The predicted octanol–water partition coefficient (Wildman–Crippen LogP) is 1.91. The fourth-order valence-corrected chi connectivity index (χ4v) is 3.65. The van der Waals surface area contributed by atoms with E-state index in [2.05, 4.69) is 20.9 Å². The number of pyridine rings is 1. The lowest BCUT2D eigenvalue weighted by molar-refractivity contribution is 0.0873. The van der Waals surface area contributed by atoms with E-state index in [9.17, 15) is 9.59 Å². The number of hydrogen-bond acceptors (Lipinski definition) is 5. The zero-order valence-corrected chi connectivity index (χ0v) is 15.0. The SMILES string of the molecule is Cc1ccc(C(=O)[C@@]2(NC(=O)NCCc3cccs3)CCNC2)cn1. The quantitative estimate of drug-likeness (QED) is 0.689. The van der Waals surface area contributed by atoms with Gasteiger partial charge >= 0.3 is 6.03 Å². The minimum Gasteiger partial charge on any atom is -0.338 e. The Balaban J connectivity index is 1.62. The van der Waals surface area contributed by atoms with Crippen molar-refractivity contribution >= 4 is 23.2 Å². The number of aryl methyl sites for hydroxylation is 1. The van der Waals surface area contributed by atoms with Gasteiger partial charge in [0, 0.05) is 35.4 Å². The molecule has 2 aromatic rings. The molecule has 2 amide bonds. The summed E-state index contributed by atoms with van der Waals surface area (Å²) < 4.78 is 0. The minimum atomic E-state index is -0.913. The molecule has 3 heterocycles. The third-order valence-electron chi connectivity index (χ3n) is 4.35. The number of hydrogen-bond donors (Lipinski definition) is 3. The van der Waals surface area contributed by atoms with E-state index in [1.165, 1.54) is 4.88 Å². The van der Waals surface area contributed by atoms with Gasteiger partial charge in [0.15, 0.2) is 5.78 Å². The van der Waals surface area contributed by atoms with Crippen LogP contribution in [0.5, 0.6) is 0 Å². The Bertz CT molecular complexity index is 722. The zero-order chi connectivity index (χ0) is 17.7. The van der Waals surface area contributed by atoms with E-state index >= 15 is 0 Å². The van der Waals surface area contributed by atoms with Crippen LogP contribution in [0.2, 0.25) is 0 Å². The van der Waals surface area contributed by atoms with Crippen LogP contribution in [0.25, 0.3) is 0 Å². The van der Waals surface area contributed by atoms with Crippen molar-refractivity contribution in [2.45, 2.75) is 25.3 Å². The highest BCUT2D eigenvalue weighted by molar-refractivity contribution is 7.09. The Kier molecular flexibility index (Phi) is 5.45. The molecule has 25 heavy (non-hydrogen) atoms. The standard InChI is InChI=1S/C18H22N4O2S/c1-13-4-5-14(11-21-13)16(23)18(7-9-19-12-18)22-17(24)20-8-6-15-3-2-10-25-15/h2-5,10-11,19H,6-9,12H2,1H3,(H2,20,22,24)/t18-/m1/s1. The average molecular weight is 358 g/mol. The summed E-state index contributed by atoms with van der Waals surface area (Å²) in [5, 5.41) is 10.9. The van der Waals surface area contributed by atoms with Crippen molar-refractivity contribution in [2.75, 3.05) is 19.6 Å². The first-order valence-electron chi connectivity index (χ1n) is 8.36. The van der Waals surface area contributed by atoms with Gasteiger partial charge in [-0.25, -0.2) is 4.79 Å². The molecular formula is C18H22N4O2S. The molecule has 0 spiro atoms. The van der Waals surface area contributed by atoms with Gasteiger partial charge in [-0.15, -0.1) is 11.3 Å².